The maximum atomic E-state index is 12.0. The number of aromatic nitrogens is 3. The third-order valence-electron chi connectivity index (χ3n) is 3.37. The fourth-order valence-corrected chi connectivity index (χ4v) is 2.92. The standard InChI is InChI=1S/C16H17N5OS/c1-10-4-5-11(2)14(6-10)21-9-19-20-16(21)23-8-15(22)13(7-17)12(3)18/h4-6,9,13,18H,8H2,1-3H3/t13-/m0/s1. The van der Waals surface area contributed by atoms with Gasteiger partial charge in [-0.15, -0.1) is 10.2 Å². The topological polar surface area (TPSA) is 95.4 Å². The van der Waals surface area contributed by atoms with E-state index in [2.05, 4.69) is 10.2 Å². The average Bonchev–Trinajstić information content (AvgIpc) is 2.96. The molecule has 0 unspecified atom stereocenters. The molecule has 0 bridgehead atoms. The highest BCUT2D eigenvalue weighted by Crippen LogP contribution is 2.23. The van der Waals surface area contributed by atoms with E-state index in [-0.39, 0.29) is 17.2 Å². The lowest BCUT2D eigenvalue weighted by molar-refractivity contribution is -0.117. The number of nitriles is 1. The highest BCUT2D eigenvalue weighted by Gasteiger charge is 2.21. The van der Waals surface area contributed by atoms with Gasteiger partial charge in [-0.2, -0.15) is 5.26 Å². The van der Waals surface area contributed by atoms with Crippen LogP contribution in [-0.2, 0) is 4.79 Å². The molecule has 1 N–H and O–H groups in total. The number of thioether (sulfide) groups is 1. The van der Waals surface area contributed by atoms with Crippen molar-refractivity contribution in [2.24, 2.45) is 5.92 Å². The van der Waals surface area contributed by atoms with Crippen molar-refractivity contribution < 1.29 is 4.79 Å². The number of Topliss-reactive ketones (excluding diaryl/α,β-unsaturated/α-hetero) is 1. The van der Waals surface area contributed by atoms with E-state index in [4.69, 9.17) is 10.7 Å². The van der Waals surface area contributed by atoms with Gasteiger partial charge in [0.1, 0.15) is 12.2 Å². The van der Waals surface area contributed by atoms with Crippen LogP contribution in [0.4, 0.5) is 0 Å². The number of benzene rings is 1. The second-order valence-corrected chi connectivity index (χ2v) is 6.22. The van der Waals surface area contributed by atoms with Crippen molar-refractivity contribution in [3.63, 3.8) is 0 Å². The molecule has 0 amide bonds. The molecular weight excluding hydrogens is 310 g/mol. The minimum Gasteiger partial charge on any atom is -0.308 e. The Morgan fingerprint density at radius 3 is 2.87 bits per heavy atom. The molecule has 1 atom stereocenters. The van der Waals surface area contributed by atoms with E-state index in [1.54, 1.807) is 6.33 Å². The van der Waals surface area contributed by atoms with Crippen LogP contribution in [0.25, 0.3) is 5.69 Å². The van der Waals surface area contributed by atoms with Crippen LogP contribution in [-0.4, -0.2) is 32.0 Å². The number of carbonyl (C=O) groups excluding carboxylic acids is 1. The van der Waals surface area contributed by atoms with Crippen molar-refractivity contribution in [1.29, 1.82) is 10.7 Å². The zero-order valence-electron chi connectivity index (χ0n) is 13.2. The highest BCUT2D eigenvalue weighted by atomic mass is 32.2. The van der Waals surface area contributed by atoms with Crippen LogP contribution >= 0.6 is 11.8 Å². The van der Waals surface area contributed by atoms with Crippen LogP contribution in [0.15, 0.2) is 29.7 Å². The van der Waals surface area contributed by atoms with Gasteiger partial charge < -0.3 is 5.41 Å². The van der Waals surface area contributed by atoms with Crippen LogP contribution in [0, 0.1) is 36.5 Å². The fraction of sp³-hybridized carbons (Fsp3) is 0.312. The monoisotopic (exact) mass is 327 g/mol. The normalized spacial score (nSPS) is 11.7. The van der Waals surface area contributed by atoms with E-state index in [0.717, 1.165) is 16.8 Å². The van der Waals surface area contributed by atoms with Gasteiger partial charge in [0, 0.05) is 5.71 Å². The first-order valence-electron chi connectivity index (χ1n) is 7.02. The Morgan fingerprint density at radius 1 is 1.48 bits per heavy atom. The SMILES string of the molecule is CC(=N)[C@H](C#N)C(=O)CSc1nncn1-c1cc(C)ccc1C. The molecule has 0 saturated carbocycles. The Balaban J connectivity index is 2.20. The van der Waals surface area contributed by atoms with Crippen molar-refractivity contribution >= 4 is 23.3 Å². The van der Waals surface area contributed by atoms with Crippen LogP contribution in [0.5, 0.6) is 0 Å². The summed E-state index contributed by atoms with van der Waals surface area (Å²) >= 11 is 1.22. The summed E-state index contributed by atoms with van der Waals surface area (Å²) in [6.07, 6.45) is 1.61. The smallest absolute Gasteiger partial charge is 0.196 e. The van der Waals surface area contributed by atoms with Crippen LogP contribution in [0.2, 0.25) is 0 Å². The first kappa shape index (κ1) is 16.9. The van der Waals surface area contributed by atoms with Gasteiger partial charge >= 0.3 is 0 Å². The molecule has 118 valence electrons. The van der Waals surface area contributed by atoms with E-state index < -0.39 is 5.92 Å². The molecule has 0 spiro atoms. The predicted octanol–water partition coefficient (Wildman–Crippen LogP) is 2.72. The molecular formula is C16H17N5OS. The summed E-state index contributed by atoms with van der Waals surface area (Å²) in [5, 5.41) is 25.0. The van der Waals surface area contributed by atoms with Gasteiger partial charge in [-0.1, -0.05) is 23.9 Å². The van der Waals surface area contributed by atoms with Gasteiger partial charge in [0.25, 0.3) is 0 Å². The van der Waals surface area contributed by atoms with E-state index in [9.17, 15) is 4.79 Å². The molecule has 0 aliphatic carbocycles. The number of hydrogen-bond acceptors (Lipinski definition) is 6. The van der Waals surface area contributed by atoms with Crippen LogP contribution in [0.1, 0.15) is 18.1 Å². The molecule has 0 aliphatic rings. The molecule has 6 nitrogen and oxygen atoms in total. The minimum atomic E-state index is -0.987. The van der Waals surface area contributed by atoms with Gasteiger partial charge in [0.2, 0.25) is 0 Å². The maximum absolute atomic E-state index is 12.0. The van der Waals surface area contributed by atoms with Gasteiger partial charge in [-0.25, -0.2) is 0 Å². The number of rotatable bonds is 6. The third kappa shape index (κ3) is 3.85. The van der Waals surface area contributed by atoms with E-state index in [1.807, 2.05) is 42.7 Å². The van der Waals surface area contributed by atoms with E-state index in [1.165, 1.54) is 18.7 Å². The number of nitrogens with one attached hydrogen (secondary N) is 1. The Labute approximate surface area is 139 Å². The summed E-state index contributed by atoms with van der Waals surface area (Å²) in [4.78, 5) is 12.0. The lowest BCUT2D eigenvalue weighted by Gasteiger charge is -2.10. The van der Waals surface area contributed by atoms with Crippen LogP contribution < -0.4 is 0 Å². The number of nitrogens with zero attached hydrogens (tertiary/aromatic N) is 4. The summed E-state index contributed by atoms with van der Waals surface area (Å²) in [6.45, 7) is 5.47. The molecule has 1 aromatic carbocycles. The van der Waals surface area contributed by atoms with E-state index >= 15 is 0 Å². The molecule has 7 heteroatoms. The largest absolute Gasteiger partial charge is 0.308 e. The molecule has 0 saturated heterocycles. The predicted molar refractivity (Wildman–Crippen MR) is 89.1 cm³/mol. The Morgan fingerprint density at radius 2 is 2.22 bits per heavy atom. The van der Waals surface area contributed by atoms with Crippen LogP contribution in [0.3, 0.4) is 0 Å². The highest BCUT2D eigenvalue weighted by molar-refractivity contribution is 7.99. The molecule has 0 aliphatic heterocycles. The quantitative estimate of drug-likeness (QED) is 0.650. The van der Waals surface area contributed by atoms with E-state index in [0.29, 0.717) is 5.16 Å². The minimum absolute atomic E-state index is 0.0640. The molecule has 2 rings (SSSR count). The summed E-state index contributed by atoms with van der Waals surface area (Å²) in [5.74, 6) is -1.20. The second kappa shape index (κ2) is 7.20. The maximum Gasteiger partial charge on any atom is 0.196 e. The molecule has 1 heterocycles. The zero-order valence-corrected chi connectivity index (χ0v) is 14.0. The molecule has 0 radical (unpaired) electrons. The first-order valence-corrected chi connectivity index (χ1v) is 8.00. The summed E-state index contributed by atoms with van der Waals surface area (Å²) in [7, 11) is 0. The lowest BCUT2D eigenvalue weighted by Crippen LogP contribution is -2.21. The molecule has 23 heavy (non-hydrogen) atoms. The second-order valence-electron chi connectivity index (χ2n) is 5.27. The van der Waals surface area contributed by atoms with Crippen molar-refractivity contribution in [2.75, 3.05) is 5.75 Å². The van der Waals surface area contributed by atoms with Crippen molar-refractivity contribution in [3.05, 3.63) is 35.7 Å². The summed E-state index contributed by atoms with van der Waals surface area (Å²) < 4.78 is 1.83. The van der Waals surface area contributed by atoms with Crippen molar-refractivity contribution in [2.45, 2.75) is 25.9 Å². The van der Waals surface area contributed by atoms with Gasteiger partial charge in [0.15, 0.2) is 10.9 Å². The van der Waals surface area contributed by atoms with Crippen molar-refractivity contribution in [3.8, 4) is 11.8 Å². The average molecular weight is 327 g/mol. The summed E-state index contributed by atoms with van der Waals surface area (Å²) in [6, 6.07) is 7.95. The Bertz CT molecular complexity index is 790. The number of aryl methyl sites for hydroxylation is 2. The molecule has 2 aromatic rings. The molecule has 1 aromatic heterocycles. The van der Waals surface area contributed by atoms with Crippen molar-refractivity contribution in [1.82, 2.24) is 14.8 Å². The zero-order chi connectivity index (χ0) is 17.0. The Kier molecular flexibility index (Phi) is 5.29. The number of ketones is 1. The van der Waals surface area contributed by atoms with Gasteiger partial charge in [-0.05, 0) is 38.0 Å². The van der Waals surface area contributed by atoms with Gasteiger partial charge in [0.05, 0.1) is 17.5 Å². The summed E-state index contributed by atoms with van der Waals surface area (Å²) in [5.41, 5.74) is 3.23. The third-order valence-corrected chi connectivity index (χ3v) is 4.33. The molecule has 0 fully saturated rings. The first-order chi connectivity index (χ1) is 10.9. The lowest BCUT2D eigenvalue weighted by atomic mass is 10.0. The van der Waals surface area contributed by atoms with Gasteiger partial charge in [-0.3, -0.25) is 9.36 Å². The number of carbonyl (C=O) groups is 1. The fourth-order valence-electron chi connectivity index (χ4n) is 2.10. The Hall–Kier alpha value is -2.46. The number of hydrogen-bond donors (Lipinski definition) is 1.